The lowest BCUT2D eigenvalue weighted by atomic mass is 9.89. The summed E-state index contributed by atoms with van der Waals surface area (Å²) < 4.78 is 0. The Morgan fingerprint density at radius 3 is 2.71 bits per heavy atom. The Hall–Kier alpha value is -3.01. The molecule has 3 aromatic rings. The maximum absolute atomic E-state index is 13.0. The number of fused-ring (bicyclic) bond motifs is 1. The van der Waals surface area contributed by atoms with Gasteiger partial charge < -0.3 is 4.90 Å². The molecule has 28 heavy (non-hydrogen) atoms. The molecule has 0 unspecified atom stereocenters. The van der Waals surface area contributed by atoms with Crippen LogP contribution in [0.1, 0.15) is 35.2 Å². The number of hydrogen-bond acceptors (Lipinski definition) is 3. The number of likely N-dealkylation sites (tertiary alicyclic amines) is 1. The molecule has 0 radical (unpaired) electrons. The second kappa shape index (κ2) is 8.34. The minimum absolute atomic E-state index is 0.114. The molecule has 0 saturated carbocycles. The minimum Gasteiger partial charge on any atom is -0.342 e. The van der Waals surface area contributed by atoms with Crippen molar-refractivity contribution in [3.05, 3.63) is 78.1 Å². The van der Waals surface area contributed by atoms with Crippen LogP contribution in [0.5, 0.6) is 0 Å². The van der Waals surface area contributed by atoms with Crippen LogP contribution in [0, 0.1) is 5.92 Å². The SMILES string of the molecule is O=C(c1ccc2ccccc2c1)[C@@H]1CCCN(C(=O)CCc2cccnc2)C1. The van der Waals surface area contributed by atoms with Gasteiger partial charge in [0.2, 0.25) is 5.91 Å². The molecule has 1 amide bonds. The van der Waals surface area contributed by atoms with E-state index in [0.29, 0.717) is 19.4 Å². The minimum atomic E-state index is -0.114. The summed E-state index contributed by atoms with van der Waals surface area (Å²) in [5.74, 6) is 0.160. The number of amides is 1. The lowest BCUT2D eigenvalue weighted by Gasteiger charge is -2.32. The molecule has 1 saturated heterocycles. The van der Waals surface area contributed by atoms with Crippen molar-refractivity contribution in [2.24, 2.45) is 5.92 Å². The van der Waals surface area contributed by atoms with Crippen LogP contribution in [-0.4, -0.2) is 34.7 Å². The van der Waals surface area contributed by atoms with E-state index in [1.807, 2.05) is 59.5 Å². The highest BCUT2D eigenvalue weighted by molar-refractivity contribution is 6.01. The third-order valence-corrected chi connectivity index (χ3v) is 5.53. The zero-order chi connectivity index (χ0) is 19.3. The third-order valence-electron chi connectivity index (χ3n) is 5.53. The number of ketones is 1. The molecule has 1 aliphatic rings. The van der Waals surface area contributed by atoms with Gasteiger partial charge in [0.15, 0.2) is 5.78 Å². The van der Waals surface area contributed by atoms with Gasteiger partial charge in [0.1, 0.15) is 0 Å². The summed E-state index contributed by atoms with van der Waals surface area (Å²) in [6.07, 6.45) is 6.41. The standard InChI is InChI=1S/C24H24N2O2/c27-23(12-9-18-5-3-13-25-16-18)26-14-4-8-22(17-26)24(28)21-11-10-19-6-1-2-7-20(19)15-21/h1-3,5-7,10-11,13,15-16,22H,4,8-9,12,14,17H2/t22-/m1/s1. The van der Waals surface area contributed by atoms with Gasteiger partial charge in [0.25, 0.3) is 0 Å². The number of benzene rings is 2. The molecule has 4 heteroatoms. The highest BCUT2D eigenvalue weighted by atomic mass is 16.2. The van der Waals surface area contributed by atoms with Crippen molar-refractivity contribution in [2.45, 2.75) is 25.7 Å². The smallest absolute Gasteiger partial charge is 0.222 e. The largest absolute Gasteiger partial charge is 0.342 e. The van der Waals surface area contributed by atoms with Crippen LogP contribution in [0.15, 0.2) is 67.0 Å². The molecule has 142 valence electrons. The number of pyridine rings is 1. The first-order valence-corrected chi connectivity index (χ1v) is 9.90. The van der Waals surface area contributed by atoms with Crippen LogP contribution in [0.25, 0.3) is 10.8 Å². The summed E-state index contributed by atoms with van der Waals surface area (Å²) in [6.45, 7) is 1.27. The number of carbonyl (C=O) groups excluding carboxylic acids is 2. The monoisotopic (exact) mass is 372 g/mol. The molecule has 1 aromatic heterocycles. The second-order valence-corrected chi connectivity index (χ2v) is 7.47. The predicted octanol–water partition coefficient (Wildman–Crippen LogP) is 4.29. The first kappa shape index (κ1) is 18.4. The maximum atomic E-state index is 13.0. The molecular weight excluding hydrogens is 348 g/mol. The summed E-state index contributed by atoms with van der Waals surface area (Å²) in [6, 6.07) is 17.8. The summed E-state index contributed by atoms with van der Waals surface area (Å²) >= 11 is 0. The Morgan fingerprint density at radius 2 is 1.89 bits per heavy atom. The van der Waals surface area contributed by atoms with Gasteiger partial charge >= 0.3 is 0 Å². The van der Waals surface area contributed by atoms with Crippen molar-refractivity contribution in [2.75, 3.05) is 13.1 Å². The Bertz CT molecular complexity index is 984. The van der Waals surface area contributed by atoms with Crippen molar-refractivity contribution in [1.29, 1.82) is 0 Å². The topological polar surface area (TPSA) is 50.3 Å². The third kappa shape index (κ3) is 4.11. The van der Waals surface area contributed by atoms with Gasteiger partial charge in [0.05, 0.1) is 0 Å². The first-order valence-electron chi connectivity index (χ1n) is 9.90. The Balaban J connectivity index is 1.40. The van der Waals surface area contributed by atoms with Crippen LogP contribution >= 0.6 is 0 Å². The lowest BCUT2D eigenvalue weighted by molar-refractivity contribution is -0.132. The summed E-state index contributed by atoms with van der Waals surface area (Å²) in [4.78, 5) is 31.7. The van der Waals surface area contributed by atoms with Gasteiger partial charge in [-0.25, -0.2) is 0 Å². The van der Waals surface area contributed by atoms with E-state index in [4.69, 9.17) is 0 Å². The molecule has 2 heterocycles. The molecule has 0 bridgehead atoms. The fraction of sp³-hybridized carbons (Fsp3) is 0.292. The van der Waals surface area contributed by atoms with Gasteiger partial charge in [-0.15, -0.1) is 0 Å². The van der Waals surface area contributed by atoms with Crippen LogP contribution in [0.4, 0.5) is 0 Å². The number of hydrogen-bond donors (Lipinski definition) is 0. The molecule has 0 spiro atoms. The van der Waals surface area contributed by atoms with Gasteiger partial charge in [0, 0.05) is 43.4 Å². The fourth-order valence-electron chi connectivity index (χ4n) is 3.95. The number of aryl methyl sites for hydroxylation is 1. The van der Waals surface area contributed by atoms with Crippen LogP contribution in [0.2, 0.25) is 0 Å². The van der Waals surface area contributed by atoms with Crippen molar-refractivity contribution >= 4 is 22.5 Å². The van der Waals surface area contributed by atoms with E-state index in [2.05, 4.69) is 4.98 Å². The molecule has 2 aromatic carbocycles. The van der Waals surface area contributed by atoms with Gasteiger partial charge in [-0.1, -0.05) is 42.5 Å². The number of aromatic nitrogens is 1. The second-order valence-electron chi connectivity index (χ2n) is 7.47. The summed E-state index contributed by atoms with van der Waals surface area (Å²) in [5.41, 5.74) is 1.81. The number of nitrogens with zero attached hydrogens (tertiary/aromatic N) is 2. The number of piperidine rings is 1. The van der Waals surface area contributed by atoms with Gasteiger partial charge in [-0.3, -0.25) is 14.6 Å². The zero-order valence-corrected chi connectivity index (χ0v) is 15.9. The first-order chi connectivity index (χ1) is 13.7. The maximum Gasteiger partial charge on any atom is 0.222 e. The van der Waals surface area contributed by atoms with Crippen LogP contribution in [0.3, 0.4) is 0 Å². The zero-order valence-electron chi connectivity index (χ0n) is 15.9. The van der Waals surface area contributed by atoms with E-state index < -0.39 is 0 Å². The Morgan fingerprint density at radius 1 is 1.04 bits per heavy atom. The van der Waals surface area contributed by atoms with Crippen molar-refractivity contribution in [3.8, 4) is 0 Å². The normalized spacial score (nSPS) is 16.9. The van der Waals surface area contributed by atoms with E-state index in [9.17, 15) is 9.59 Å². The molecule has 0 N–H and O–H groups in total. The van der Waals surface area contributed by atoms with Gasteiger partial charge in [-0.2, -0.15) is 0 Å². The van der Waals surface area contributed by atoms with E-state index in [0.717, 1.165) is 41.3 Å². The molecular formula is C24H24N2O2. The van der Waals surface area contributed by atoms with Crippen molar-refractivity contribution < 1.29 is 9.59 Å². The quantitative estimate of drug-likeness (QED) is 0.628. The fourth-order valence-corrected chi connectivity index (χ4v) is 3.95. The van der Waals surface area contributed by atoms with E-state index in [1.54, 1.807) is 12.4 Å². The van der Waals surface area contributed by atoms with E-state index >= 15 is 0 Å². The Kier molecular flexibility index (Phi) is 5.47. The van der Waals surface area contributed by atoms with E-state index in [-0.39, 0.29) is 17.6 Å². The lowest BCUT2D eigenvalue weighted by Crippen LogP contribution is -2.42. The van der Waals surface area contributed by atoms with Crippen LogP contribution in [-0.2, 0) is 11.2 Å². The highest BCUT2D eigenvalue weighted by Gasteiger charge is 2.28. The average Bonchev–Trinajstić information content (AvgIpc) is 2.77. The van der Waals surface area contributed by atoms with Crippen LogP contribution < -0.4 is 0 Å². The number of carbonyl (C=O) groups is 2. The summed E-state index contributed by atoms with van der Waals surface area (Å²) in [7, 11) is 0. The molecule has 0 aliphatic carbocycles. The highest BCUT2D eigenvalue weighted by Crippen LogP contribution is 2.24. The van der Waals surface area contributed by atoms with Gasteiger partial charge in [-0.05, 0) is 47.7 Å². The molecule has 1 atom stereocenters. The molecule has 1 aliphatic heterocycles. The average molecular weight is 372 g/mol. The predicted molar refractivity (Wildman–Crippen MR) is 110 cm³/mol. The van der Waals surface area contributed by atoms with E-state index in [1.165, 1.54) is 0 Å². The Labute approximate surface area is 165 Å². The number of rotatable bonds is 5. The summed E-state index contributed by atoms with van der Waals surface area (Å²) in [5, 5.41) is 2.21. The van der Waals surface area contributed by atoms with Crippen molar-refractivity contribution in [3.63, 3.8) is 0 Å². The number of Topliss-reactive ketones (excluding diaryl/α,β-unsaturated/α-hetero) is 1. The molecule has 1 fully saturated rings. The van der Waals surface area contributed by atoms with Crippen molar-refractivity contribution in [1.82, 2.24) is 9.88 Å². The molecule has 4 nitrogen and oxygen atoms in total. The molecule has 4 rings (SSSR count).